The number of H-pyrrole nitrogens is 1. The maximum absolute atomic E-state index is 10.6. The van der Waals surface area contributed by atoms with Gasteiger partial charge in [-0.05, 0) is 50.7 Å². The van der Waals surface area contributed by atoms with Gasteiger partial charge in [0.1, 0.15) is 5.75 Å². The van der Waals surface area contributed by atoms with E-state index in [9.17, 15) is 5.11 Å². The third-order valence-electron chi connectivity index (χ3n) is 5.92. The quantitative estimate of drug-likeness (QED) is 0.510. The van der Waals surface area contributed by atoms with Crippen LogP contribution in [-0.2, 0) is 0 Å². The molecule has 3 aromatic heterocycles. The molecule has 3 heterocycles. The van der Waals surface area contributed by atoms with Crippen molar-refractivity contribution in [3.05, 3.63) is 36.7 Å². The van der Waals surface area contributed by atoms with Gasteiger partial charge in [-0.1, -0.05) is 17.4 Å². The minimum absolute atomic E-state index is 0.161. The second-order valence-electron chi connectivity index (χ2n) is 7.99. The summed E-state index contributed by atoms with van der Waals surface area (Å²) >= 11 is 1.61. The zero-order valence-electron chi connectivity index (χ0n) is 17.1. The Morgan fingerprint density at radius 2 is 1.90 bits per heavy atom. The molecule has 0 spiro atoms. The summed E-state index contributed by atoms with van der Waals surface area (Å²) in [4.78, 5) is 9.21. The molecular formula is C21H23N7OS. The van der Waals surface area contributed by atoms with Crippen LogP contribution in [0.15, 0.2) is 36.7 Å². The Bertz CT molecular complexity index is 1180. The van der Waals surface area contributed by atoms with Crippen LogP contribution in [0.3, 0.4) is 0 Å². The van der Waals surface area contributed by atoms with Crippen molar-refractivity contribution in [2.45, 2.75) is 24.9 Å². The van der Waals surface area contributed by atoms with Gasteiger partial charge in [-0.15, -0.1) is 10.2 Å². The zero-order chi connectivity index (χ0) is 20.8. The van der Waals surface area contributed by atoms with E-state index in [-0.39, 0.29) is 5.75 Å². The summed E-state index contributed by atoms with van der Waals surface area (Å²) in [6.07, 6.45) is 5.80. The molecule has 1 aliphatic rings. The van der Waals surface area contributed by atoms with E-state index >= 15 is 0 Å². The van der Waals surface area contributed by atoms with E-state index in [4.69, 9.17) is 0 Å². The van der Waals surface area contributed by atoms with E-state index in [1.54, 1.807) is 29.8 Å². The van der Waals surface area contributed by atoms with Crippen molar-refractivity contribution in [2.75, 3.05) is 26.0 Å². The fraction of sp³-hybridized carbons (Fsp3) is 0.333. The lowest BCUT2D eigenvalue weighted by Gasteiger charge is -2.44. The van der Waals surface area contributed by atoms with Crippen LogP contribution < -0.4 is 4.90 Å². The highest BCUT2D eigenvalue weighted by Gasteiger charge is 2.34. The van der Waals surface area contributed by atoms with E-state index in [0.717, 1.165) is 33.8 Å². The molecule has 154 valence electrons. The number of anilines is 1. The van der Waals surface area contributed by atoms with Gasteiger partial charge in [-0.2, -0.15) is 10.1 Å². The summed E-state index contributed by atoms with van der Waals surface area (Å²) in [5.41, 5.74) is 3.72. The number of hydrogen-bond acceptors (Lipinski definition) is 8. The molecule has 2 N–H and O–H groups in total. The molecule has 0 radical (unpaired) electrons. The number of aromatic hydroxyl groups is 1. The highest BCUT2D eigenvalue weighted by atomic mass is 32.1. The van der Waals surface area contributed by atoms with Gasteiger partial charge in [0.25, 0.3) is 0 Å². The topological polar surface area (TPSA) is 94.1 Å². The Labute approximate surface area is 178 Å². The molecule has 1 aromatic carbocycles. The normalized spacial score (nSPS) is 18.7. The Morgan fingerprint density at radius 3 is 2.60 bits per heavy atom. The van der Waals surface area contributed by atoms with Crippen LogP contribution in [0.1, 0.15) is 12.8 Å². The Hall–Kier alpha value is -3.04. The van der Waals surface area contributed by atoms with Gasteiger partial charge in [0, 0.05) is 36.5 Å². The molecule has 0 saturated heterocycles. The monoisotopic (exact) mass is 421 g/mol. The maximum atomic E-state index is 10.6. The number of hydrogen-bond donors (Lipinski definition) is 2. The molecule has 1 fully saturated rings. The third kappa shape index (κ3) is 3.29. The van der Waals surface area contributed by atoms with Gasteiger partial charge in [0.15, 0.2) is 10.8 Å². The standard InChI is InChI=1S/C21H23N7OS/c1-27(2)14-7-15(8-14)28(3)21-24-20-19(30-21)9-17(25-26-20)16-5-4-12(6-18(16)29)13-10-22-23-11-13/h4-6,9-11,14-15,29H,7-8H2,1-3H3,(H,22,23). The second-order valence-corrected chi connectivity index (χ2v) is 9.00. The fourth-order valence-corrected chi connectivity index (χ4v) is 4.77. The van der Waals surface area contributed by atoms with Crippen molar-refractivity contribution in [1.82, 2.24) is 30.3 Å². The Morgan fingerprint density at radius 1 is 1.07 bits per heavy atom. The number of benzene rings is 1. The van der Waals surface area contributed by atoms with E-state index in [0.29, 0.717) is 29.0 Å². The number of fused-ring (bicyclic) bond motifs is 1. The SMILES string of the molecule is CN(C)C1CC(N(C)c2nc3nnc(-c4ccc(-c5cn[nH]c5)cc4O)cc3s2)C1. The van der Waals surface area contributed by atoms with Gasteiger partial charge in [-0.25, -0.2) is 0 Å². The second kappa shape index (κ2) is 7.33. The molecule has 0 bridgehead atoms. The van der Waals surface area contributed by atoms with Crippen molar-refractivity contribution in [2.24, 2.45) is 0 Å². The predicted molar refractivity (Wildman–Crippen MR) is 119 cm³/mol. The van der Waals surface area contributed by atoms with Crippen LogP contribution >= 0.6 is 11.3 Å². The Kier molecular flexibility index (Phi) is 4.63. The summed E-state index contributed by atoms with van der Waals surface area (Å²) in [7, 11) is 6.36. The average Bonchev–Trinajstić information content (AvgIpc) is 3.35. The summed E-state index contributed by atoms with van der Waals surface area (Å²) in [6, 6.07) is 8.62. The number of aromatic amines is 1. The van der Waals surface area contributed by atoms with Crippen molar-refractivity contribution in [1.29, 1.82) is 0 Å². The Balaban J connectivity index is 1.40. The fourth-order valence-electron chi connectivity index (χ4n) is 3.80. The molecule has 0 aliphatic heterocycles. The smallest absolute Gasteiger partial charge is 0.194 e. The van der Waals surface area contributed by atoms with Gasteiger partial charge in [-0.3, -0.25) is 5.10 Å². The first-order valence-electron chi connectivity index (χ1n) is 9.85. The first-order chi connectivity index (χ1) is 14.5. The predicted octanol–water partition coefficient (Wildman–Crippen LogP) is 3.38. The number of nitrogens with one attached hydrogen (secondary N) is 1. The summed E-state index contributed by atoms with van der Waals surface area (Å²) < 4.78 is 0.962. The molecule has 1 aliphatic carbocycles. The summed E-state index contributed by atoms with van der Waals surface area (Å²) in [6.45, 7) is 0. The summed E-state index contributed by atoms with van der Waals surface area (Å²) in [5, 5.41) is 26.9. The molecule has 8 nitrogen and oxygen atoms in total. The van der Waals surface area contributed by atoms with E-state index < -0.39 is 0 Å². The summed E-state index contributed by atoms with van der Waals surface area (Å²) in [5.74, 6) is 0.161. The molecule has 0 amide bonds. The average molecular weight is 422 g/mol. The molecule has 0 unspecified atom stereocenters. The van der Waals surface area contributed by atoms with Crippen molar-refractivity contribution < 1.29 is 5.11 Å². The highest BCUT2D eigenvalue weighted by molar-refractivity contribution is 7.22. The van der Waals surface area contributed by atoms with Crippen molar-refractivity contribution >= 4 is 26.8 Å². The number of rotatable bonds is 5. The molecule has 5 rings (SSSR count). The number of nitrogens with zero attached hydrogens (tertiary/aromatic N) is 6. The molecular weight excluding hydrogens is 398 g/mol. The minimum atomic E-state index is 0.161. The minimum Gasteiger partial charge on any atom is -0.507 e. The van der Waals surface area contributed by atoms with Crippen LogP contribution in [0.25, 0.3) is 32.7 Å². The van der Waals surface area contributed by atoms with Crippen LogP contribution in [0.2, 0.25) is 0 Å². The van der Waals surface area contributed by atoms with E-state index in [1.165, 1.54) is 0 Å². The largest absolute Gasteiger partial charge is 0.507 e. The van der Waals surface area contributed by atoms with Crippen molar-refractivity contribution in [3.63, 3.8) is 0 Å². The molecule has 0 atom stereocenters. The van der Waals surface area contributed by atoms with Crippen LogP contribution in [-0.4, -0.2) is 68.6 Å². The van der Waals surface area contributed by atoms with E-state index in [1.807, 2.05) is 18.2 Å². The van der Waals surface area contributed by atoms with Crippen LogP contribution in [0.4, 0.5) is 5.13 Å². The van der Waals surface area contributed by atoms with E-state index in [2.05, 4.69) is 56.3 Å². The van der Waals surface area contributed by atoms with Crippen molar-refractivity contribution in [3.8, 4) is 28.1 Å². The zero-order valence-corrected chi connectivity index (χ0v) is 17.9. The molecule has 9 heteroatoms. The number of phenolic OH excluding ortho intramolecular Hbond substituents is 1. The lowest BCUT2D eigenvalue weighted by Crippen LogP contribution is -2.51. The van der Waals surface area contributed by atoms with Gasteiger partial charge in [0.2, 0.25) is 0 Å². The lowest BCUT2D eigenvalue weighted by atomic mass is 9.85. The van der Waals surface area contributed by atoms with Crippen LogP contribution in [0.5, 0.6) is 5.75 Å². The number of phenols is 1. The number of thiazole rings is 1. The molecule has 30 heavy (non-hydrogen) atoms. The first kappa shape index (κ1) is 19.0. The van der Waals surface area contributed by atoms with Gasteiger partial charge in [0.05, 0.1) is 16.6 Å². The van der Waals surface area contributed by atoms with Gasteiger partial charge < -0.3 is 14.9 Å². The van der Waals surface area contributed by atoms with Gasteiger partial charge >= 0.3 is 0 Å². The molecule has 1 saturated carbocycles. The highest BCUT2D eigenvalue weighted by Crippen LogP contribution is 2.37. The maximum Gasteiger partial charge on any atom is 0.194 e. The molecule has 4 aromatic rings. The van der Waals surface area contributed by atoms with Crippen LogP contribution in [0, 0.1) is 0 Å². The first-order valence-corrected chi connectivity index (χ1v) is 10.7. The lowest BCUT2D eigenvalue weighted by molar-refractivity contribution is 0.165. The number of aromatic nitrogens is 5. The third-order valence-corrected chi connectivity index (χ3v) is 7.00.